The predicted octanol–water partition coefficient (Wildman–Crippen LogP) is -1.00. The van der Waals surface area contributed by atoms with Gasteiger partial charge in [0.2, 0.25) is 0 Å². The number of nitrogens with zero attached hydrogens (tertiary/aromatic N) is 1. The van der Waals surface area contributed by atoms with Crippen LogP contribution in [0.15, 0.2) is 48.5 Å². The molecule has 0 aliphatic heterocycles. The van der Waals surface area contributed by atoms with Gasteiger partial charge in [0.1, 0.15) is 11.0 Å². The molecule has 3 rings (SSSR count). The van der Waals surface area contributed by atoms with Crippen molar-refractivity contribution in [2.45, 2.75) is 0 Å². The zero-order chi connectivity index (χ0) is 11.1. The summed E-state index contributed by atoms with van der Waals surface area (Å²) in [6, 6.07) is 15.2. The summed E-state index contributed by atoms with van der Waals surface area (Å²) in [7, 11) is 3.95. The van der Waals surface area contributed by atoms with E-state index in [1.165, 1.54) is 0 Å². The van der Waals surface area contributed by atoms with Crippen LogP contribution in [0.1, 0.15) is 0 Å². The average Bonchev–Trinajstić information content (AvgIpc) is 2.29. The van der Waals surface area contributed by atoms with Gasteiger partial charge in [-0.1, -0.05) is 48.2 Å². The Bertz CT molecular complexity index is 694. The van der Waals surface area contributed by atoms with Crippen LogP contribution in [0.5, 0.6) is 5.75 Å². The third-order valence-corrected chi connectivity index (χ3v) is 2.84. The monoisotopic (exact) mass is 215 g/mol. The van der Waals surface area contributed by atoms with Crippen molar-refractivity contribution in [3.8, 4) is 5.75 Å². The minimum Gasteiger partial charge on any atom is -0.877 e. The second-order valence-electron chi connectivity index (χ2n) is 3.83. The van der Waals surface area contributed by atoms with Gasteiger partial charge >= 0.3 is 18.9 Å². The minimum atomic E-state index is 0. The van der Waals surface area contributed by atoms with Gasteiger partial charge in [0.15, 0.2) is 0 Å². The molecule has 0 unspecified atom stereocenters. The molecular weight excluding hydrogens is 205 g/mol. The molecule has 3 aromatic rings. The molecule has 17 heavy (non-hydrogen) atoms. The van der Waals surface area contributed by atoms with Crippen molar-refractivity contribution in [2.24, 2.45) is 0 Å². The molecule has 0 fully saturated rings. The van der Waals surface area contributed by atoms with E-state index in [4.69, 9.17) is 0 Å². The number of fused-ring (bicyclic) bond motifs is 2. The normalized spacial score (nSPS) is 10.4. The summed E-state index contributed by atoms with van der Waals surface area (Å²) in [5, 5.41) is 13.8. The van der Waals surface area contributed by atoms with Crippen molar-refractivity contribution in [1.29, 1.82) is 0 Å². The average molecular weight is 215 g/mol. The van der Waals surface area contributed by atoms with Crippen molar-refractivity contribution in [2.75, 3.05) is 0 Å². The molecule has 78 valence electrons. The van der Waals surface area contributed by atoms with Crippen LogP contribution < -0.4 is 28.5 Å². The van der Waals surface area contributed by atoms with Crippen LogP contribution >= 0.6 is 0 Å². The maximum Gasteiger partial charge on any atom is 1.00 e. The van der Waals surface area contributed by atoms with E-state index in [1.807, 2.05) is 36.4 Å². The molecule has 1 aromatic heterocycles. The molecule has 0 saturated carbocycles. The van der Waals surface area contributed by atoms with Crippen LogP contribution in [-0.4, -0.2) is 0 Å². The first-order valence-electron chi connectivity index (χ1n) is 5.12. The van der Waals surface area contributed by atoms with Gasteiger partial charge in [-0.05, 0) is 16.8 Å². The fourth-order valence-corrected chi connectivity index (χ4v) is 2.09. The molecule has 0 saturated heterocycles. The summed E-state index contributed by atoms with van der Waals surface area (Å²) in [4.78, 5) is 0. The van der Waals surface area contributed by atoms with Gasteiger partial charge in [-0.3, -0.25) is 0 Å². The van der Waals surface area contributed by atoms with Gasteiger partial charge in [0.05, 0.1) is 0 Å². The van der Waals surface area contributed by atoms with Crippen molar-refractivity contribution >= 4 is 21.8 Å². The van der Waals surface area contributed by atoms with E-state index in [-0.39, 0.29) is 24.6 Å². The Morgan fingerprint density at radius 1 is 0.941 bits per heavy atom. The van der Waals surface area contributed by atoms with Crippen molar-refractivity contribution < 1.29 is 28.5 Å². The van der Waals surface area contributed by atoms with Crippen molar-refractivity contribution in [3.05, 3.63) is 55.6 Å². The molecule has 2 nitrogen and oxygen atoms in total. The quantitative estimate of drug-likeness (QED) is 0.204. The maximum absolute atomic E-state index is 11.8. The molecule has 3 heteroatoms. The number of hydrogen-bond acceptors (Lipinski definition) is 1. The number of rotatable bonds is 0. The molecule has 0 amide bonds. The first kappa shape index (κ1) is 11.9. The van der Waals surface area contributed by atoms with E-state index in [1.54, 1.807) is 16.7 Å². The Labute approximate surface area is 112 Å². The molecular formula is C14H10LiNO. The third-order valence-electron chi connectivity index (χ3n) is 2.84. The van der Waals surface area contributed by atoms with Crippen LogP contribution in [0.4, 0.5) is 0 Å². The van der Waals surface area contributed by atoms with Crippen LogP contribution in [0.25, 0.3) is 21.8 Å². The summed E-state index contributed by atoms with van der Waals surface area (Å²) >= 11 is 0. The van der Waals surface area contributed by atoms with Crippen LogP contribution in [0.3, 0.4) is 0 Å². The Hall–Kier alpha value is -1.62. The standard InChI is InChI=1S/C14H11NO.Li/c1-15-12-7-3-2-5-10(12)9-11-6-4-8-13(16)14(11)15;/h2-9,16H,1H2;/q;+1/p-1. The van der Waals surface area contributed by atoms with E-state index < -0.39 is 0 Å². The summed E-state index contributed by atoms with van der Waals surface area (Å²) in [6.07, 6.45) is 0. The molecule has 0 radical (unpaired) electrons. The van der Waals surface area contributed by atoms with E-state index in [0.717, 1.165) is 16.3 Å². The van der Waals surface area contributed by atoms with E-state index >= 15 is 0 Å². The van der Waals surface area contributed by atoms with Gasteiger partial charge in [-0.15, -0.1) is 0 Å². The van der Waals surface area contributed by atoms with Gasteiger partial charge in [0.25, 0.3) is 0 Å². The van der Waals surface area contributed by atoms with Gasteiger partial charge in [-0.2, -0.15) is 0 Å². The molecule has 2 aromatic carbocycles. The van der Waals surface area contributed by atoms with E-state index in [9.17, 15) is 5.11 Å². The molecule has 0 aliphatic rings. The summed E-state index contributed by atoms with van der Waals surface area (Å²) in [5.74, 6) is 0.0123. The molecule has 0 N–H and O–H groups in total. The zero-order valence-corrected chi connectivity index (χ0v) is 9.68. The topological polar surface area (TPSA) is 26.9 Å². The molecule has 0 spiro atoms. The largest absolute Gasteiger partial charge is 1.00 e. The first-order chi connectivity index (χ1) is 7.77. The van der Waals surface area contributed by atoms with Gasteiger partial charge < -0.3 is 9.67 Å². The minimum absolute atomic E-state index is 0. The Morgan fingerprint density at radius 2 is 1.65 bits per heavy atom. The van der Waals surface area contributed by atoms with Gasteiger partial charge in [-0.25, -0.2) is 0 Å². The predicted molar refractivity (Wildman–Crippen MR) is 61.9 cm³/mol. The van der Waals surface area contributed by atoms with Crippen molar-refractivity contribution in [1.82, 2.24) is 0 Å². The Morgan fingerprint density at radius 3 is 2.47 bits per heavy atom. The number of aromatic nitrogens is 1. The second kappa shape index (κ2) is 4.33. The fourth-order valence-electron chi connectivity index (χ4n) is 2.09. The first-order valence-corrected chi connectivity index (χ1v) is 5.12. The van der Waals surface area contributed by atoms with Crippen LogP contribution in [0.2, 0.25) is 0 Å². The van der Waals surface area contributed by atoms with Crippen LogP contribution in [0, 0.1) is 7.05 Å². The SMILES string of the molecule is [CH2-][n+]1c2ccccc2cc2cccc([O-])c21.[Li+]. The number of hydrogen-bond donors (Lipinski definition) is 0. The molecule has 0 bridgehead atoms. The smallest absolute Gasteiger partial charge is 0.877 e. The summed E-state index contributed by atoms with van der Waals surface area (Å²) < 4.78 is 1.72. The number of benzene rings is 2. The summed E-state index contributed by atoms with van der Waals surface area (Å²) in [5.41, 5.74) is 1.62. The third kappa shape index (κ3) is 1.76. The second-order valence-corrected chi connectivity index (χ2v) is 3.83. The Kier molecular flexibility index (Phi) is 3.02. The zero-order valence-electron chi connectivity index (χ0n) is 9.68. The van der Waals surface area contributed by atoms with Crippen molar-refractivity contribution in [3.63, 3.8) is 0 Å². The molecule has 0 atom stereocenters. The number of pyridine rings is 1. The molecule has 1 heterocycles. The van der Waals surface area contributed by atoms with E-state index in [2.05, 4.69) is 7.05 Å². The summed E-state index contributed by atoms with van der Waals surface area (Å²) in [6.45, 7) is 0. The maximum atomic E-state index is 11.8. The molecule has 0 aliphatic carbocycles. The van der Waals surface area contributed by atoms with Crippen LogP contribution in [-0.2, 0) is 0 Å². The Balaban J connectivity index is 0.00000108. The van der Waals surface area contributed by atoms with Gasteiger partial charge in [0, 0.05) is 7.05 Å². The van der Waals surface area contributed by atoms with E-state index in [0.29, 0.717) is 5.52 Å². The number of para-hydroxylation sites is 2. The fraction of sp³-hybridized carbons (Fsp3) is 0.